The summed E-state index contributed by atoms with van der Waals surface area (Å²) < 4.78 is 7.51. The molecule has 4 atom stereocenters. The lowest BCUT2D eigenvalue weighted by molar-refractivity contribution is -0.0289. The molecular weight excluding hydrogens is 354 g/mol. The number of anilines is 1. The molecule has 0 radical (unpaired) electrons. The van der Waals surface area contributed by atoms with E-state index in [9.17, 15) is 10.2 Å². The van der Waals surface area contributed by atoms with Gasteiger partial charge in [-0.15, -0.1) is 11.8 Å². The number of hydrogen-bond acceptors (Lipinski definition) is 8. The number of imidazole rings is 1. The number of rotatable bonds is 4. The Balaban J connectivity index is 1.53. The molecule has 0 bridgehead atoms. The van der Waals surface area contributed by atoms with Crippen molar-refractivity contribution < 1.29 is 14.9 Å². The molecule has 1 aliphatic rings. The van der Waals surface area contributed by atoms with E-state index in [0.29, 0.717) is 16.9 Å². The molecular formula is C17H19N5O3S. The number of thioether (sulfide) groups is 1. The van der Waals surface area contributed by atoms with Crippen molar-refractivity contribution in [1.29, 1.82) is 0 Å². The van der Waals surface area contributed by atoms with E-state index >= 15 is 0 Å². The maximum atomic E-state index is 10.5. The molecule has 8 nitrogen and oxygen atoms in total. The second kappa shape index (κ2) is 6.84. The largest absolute Gasteiger partial charge is 0.387 e. The van der Waals surface area contributed by atoms with E-state index in [0.717, 1.165) is 4.90 Å². The summed E-state index contributed by atoms with van der Waals surface area (Å²) in [6.45, 7) is 2.03. The number of aliphatic hydroxyl groups is 2. The number of ether oxygens (including phenoxy) is 1. The zero-order valence-electron chi connectivity index (χ0n) is 14.1. The van der Waals surface area contributed by atoms with Crippen LogP contribution in [0.4, 0.5) is 5.82 Å². The second-order valence-corrected chi connectivity index (χ2v) is 7.35. The summed E-state index contributed by atoms with van der Waals surface area (Å²) in [4.78, 5) is 13.3. The van der Waals surface area contributed by atoms with E-state index in [1.807, 2.05) is 25.1 Å². The van der Waals surface area contributed by atoms with Gasteiger partial charge in [-0.2, -0.15) is 0 Å². The highest BCUT2D eigenvalue weighted by atomic mass is 32.2. The van der Waals surface area contributed by atoms with Crippen molar-refractivity contribution in [2.24, 2.45) is 0 Å². The van der Waals surface area contributed by atoms with Crippen LogP contribution in [0.1, 0.15) is 11.8 Å². The minimum Gasteiger partial charge on any atom is -0.387 e. The Kier molecular flexibility index (Phi) is 4.53. The first-order valence-electron chi connectivity index (χ1n) is 8.18. The normalized spacial score (nSPS) is 25.8. The number of nitrogens with zero attached hydrogens (tertiary/aromatic N) is 4. The summed E-state index contributed by atoms with van der Waals surface area (Å²) in [6, 6.07) is 8.10. The monoisotopic (exact) mass is 373 g/mol. The third-order valence-electron chi connectivity index (χ3n) is 4.40. The first-order valence-corrected chi connectivity index (χ1v) is 9.17. The summed E-state index contributed by atoms with van der Waals surface area (Å²) >= 11 is 1.58. The van der Waals surface area contributed by atoms with Gasteiger partial charge >= 0.3 is 0 Å². The van der Waals surface area contributed by atoms with Crippen LogP contribution in [-0.2, 0) is 4.74 Å². The van der Waals surface area contributed by atoms with Crippen LogP contribution in [-0.4, -0.2) is 53.8 Å². The summed E-state index contributed by atoms with van der Waals surface area (Å²) in [5.74, 6) is 0.774. The number of aromatic nitrogens is 4. The highest BCUT2D eigenvalue weighted by Crippen LogP contribution is 2.34. The number of nitrogen functional groups attached to an aromatic ring is 1. The van der Waals surface area contributed by atoms with E-state index in [4.69, 9.17) is 10.5 Å². The molecule has 26 heavy (non-hydrogen) atoms. The summed E-state index contributed by atoms with van der Waals surface area (Å²) in [5.41, 5.74) is 7.87. The van der Waals surface area contributed by atoms with Crippen LogP contribution in [0.2, 0.25) is 0 Å². The van der Waals surface area contributed by atoms with Crippen molar-refractivity contribution in [2.45, 2.75) is 36.4 Å². The summed E-state index contributed by atoms with van der Waals surface area (Å²) in [7, 11) is 0. The minimum absolute atomic E-state index is 0.258. The smallest absolute Gasteiger partial charge is 0.167 e. The number of aliphatic hydroxyl groups excluding tert-OH is 2. The Morgan fingerprint density at radius 1 is 1.23 bits per heavy atom. The maximum absolute atomic E-state index is 10.5. The van der Waals surface area contributed by atoms with Crippen LogP contribution in [0.3, 0.4) is 0 Å². The average Bonchev–Trinajstić information content (AvgIpc) is 3.17. The first kappa shape index (κ1) is 17.2. The molecule has 1 fully saturated rings. The van der Waals surface area contributed by atoms with Gasteiger partial charge in [0, 0.05) is 10.6 Å². The SMILES string of the molecule is Cc1cccc(SC[C@H]2OC(n3cnc4c(N)ncnc43)[C@H](O)[C@@H]2O)c1. The maximum Gasteiger partial charge on any atom is 0.167 e. The van der Waals surface area contributed by atoms with Crippen LogP contribution in [0.15, 0.2) is 41.8 Å². The molecule has 1 aliphatic heterocycles. The van der Waals surface area contributed by atoms with Crippen molar-refractivity contribution in [3.05, 3.63) is 42.5 Å². The lowest BCUT2D eigenvalue weighted by Crippen LogP contribution is -2.32. The van der Waals surface area contributed by atoms with Gasteiger partial charge in [0.25, 0.3) is 0 Å². The van der Waals surface area contributed by atoms with Crippen LogP contribution >= 0.6 is 11.8 Å². The van der Waals surface area contributed by atoms with Crippen LogP contribution in [0.25, 0.3) is 11.2 Å². The van der Waals surface area contributed by atoms with E-state index < -0.39 is 24.5 Å². The van der Waals surface area contributed by atoms with Gasteiger partial charge in [-0.1, -0.05) is 17.7 Å². The van der Waals surface area contributed by atoms with Crippen molar-refractivity contribution in [3.8, 4) is 0 Å². The lowest BCUT2D eigenvalue weighted by Gasteiger charge is -2.16. The van der Waals surface area contributed by atoms with Gasteiger partial charge in [-0.25, -0.2) is 15.0 Å². The Hall–Kier alpha value is -2.20. The second-order valence-electron chi connectivity index (χ2n) is 6.26. The van der Waals surface area contributed by atoms with Crippen molar-refractivity contribution in [2.75, 3.05) is 11.5 Å². The minimum atomic E-state index is -1.09. The molecule has 1 aromatic carbocycles. The molecule has 1 unspecified atom stereocenters. The quantitative estimate of drug-likeness (QED) is 0.582. The Morgan fingerprint density at radius 3 is 2.88 bits per heavy atom. The molecule has 0 spiro atoms. The standard InChI is InChI=1S/C17H19N5O3S/c1-9-3-2-4-10(5-9)26-6-11-13(23)14(24)17(25-11)22-8-21-12-15(18)19-7-20-16(12)22/h2-5,7-8,11,13-14,17,23-24H,6H2,1H3,(H2,18,19,20)/t11-,13-,14-,17?/m1/s1. The number of aryl methyl sites for hydroxylation is 1. The van der Waals surface area contributed by atoms with Crippen molar-refractivity contribution in [3.63, 3.8) is 0 Å². The van der Waals surface area contributed by atoms with Crippen LogP contribution in [0.5, 0.6) is 0 Å². The molecule has 4 N–H and O–H groups in total. The first-order chi connectivity index (χ1) is 12.5. The molecule has 0 saturated carbocycles. The molecule has 4 rings (SSSR count). The van der Waals surface area contributed by atoms with Gasteiger partial charge in [-0.05, 0) is 19.1 Å². The fourth-order valence-corrected chi connectivity index (χ4v) is 4.11. The highest BCUT2D eigenvalue weighted by molar-refractivity contribution is 7.99. The van der Waals surface area contributed by atoms with Crippen molar-refractivity contribution >= 4 is 28.7 Å². The Bertz CT molecular complexity index is 934. The number of benzene rings is 1. The summed E-state index contributed by atoms with van der Waals surface area (Å²) in [6.07, 6.45) is -0.573. The third-order valence-corrected chi connectivity index (χ3v) is 5.48. The zero-order valence-corrected chi connectivity index (χ0v) is 14.9. The van der Waals surface area contributed by atoms with Gasteiger partial charge in [-0.3, -0.25) is 4.57 Å². The third kappa shape index (κ3) is 3.03. The van der Waals surface area contributed by atoms with Crippen LogP contribution in [0, 0.1) is 6.92 Å². The molecule has 2 aromatic heterocycles. The fourth-order valence-electron chi connectivity index (χ4n) is 3.04. The van der Waals surface area contributed by atoms with Gasteiger partial charge < -0.3 is 20.7 Å². The van der Waals surface area contributed by atoms with Crippen LogP contribution < -0.4 is 5.73 Å². The number of fused-ring (bicyclic) bond motifs is 1. The molecule has 0 amide bonds. The number of nitrogens with two attached hydrogens (primary N) is 1. The van der Waals surface area contributed by atoms with Gasteiger partial charge in [0.05, 0.1) is 12.4 Å². The highest BCUT2D eigenvalue weighted by Gasteiger charge is 2.44. The molecule has 1 saturated heterocycles. The fraction of sp³-hybridized carbons (Fsp3) is 0.353. The Morgan fingerprint density at radius 2 is 2.08 bits per heavy atom. The van der Waals surface area contributed by atoms with E-state index in [-0.39, 0.29) is 5.82 Å². The topological polar surface area (TPSA) is 119 Å². The molecule has 0 aliphatic carbocycles. The predicted molar refractivity (Wildman–Crippen MR) is 97.6 cm³/mol. The van der Waals surface area contributed by atoms with Gasteiger partial charge in [0.2, 0.25) is 0 Å². The van der Waals surface area contributed by atoms with E-state index in [2.05, 4.69) is 21.0 Å². The zero-order chi connectivity index (χ0) is 18.3. The number of hydrogen-bond donors (Lipinski definition) is 3. The van der Waals surface area contributed by atoms with Gasteiger partial charge in [0.1, 0.15) is 24.1 Å². The average molecular weight is 373 g/mol. The molecule has 136 valence electrons. The summed E-state index contributed by atoms with van der Waals surface area (Å²) in [5, 5.41) is 20.9. The van der Waals surface area contributed by atoms with E-state index in [1.54, 1.807) is 16.3 Å². The predicted octanol–water partition coefficient (Wildman–Crippen LogP) is 1.13. The molecule has 9 heteroatoms. The van der Waals surface area contributed by atoms with Gasteiger partial charge in [0.15, 0.2) is 17.7 Å². The van der Waals surface area contributed by atoms with Crippen molar-refractivity contribution in [1.82, 2.24) is 19.5 Å². The lowest BCUT2D eigenvalue weighted by atomic mass is 10.1. The molecule has 3 heterocycles. The van der Waals surface area contributed by atoms with E-state index in [1.165, 1.54) is 18.2 Å². The Labute approximate surface area is 154 Å². The molecule has 3 aromatic rings.